The normalized spacial score (nSPS) is 12.3. The number of hydrogen-bond donors (Lipinski definition) is 1. The Morgan fingerprint density at radius 1 is 1.24 bits per heavy atom. The molecule has 2 heterocycles. The molecule has 12 nitrogen and oxygen atoms in total. The molecule has 3 amide bonds. The van der Waals surface area contributed by atoms with Crippen molar-refractivity contribution in [2.24, 2.45) is 0 Å². The molecule has 12 heteroatoms. The molecular weight excluding hydrogens is 448 g/mol. The van der Waals surface area contributed by atoms with Crippen LogP contribution < -0.4 is 5.32 Å². The Hall–Kier alpha value is -4.53. The lowest BCUT2D eigenvalue weighted by Gasteiger charge is -2.13. The Balaban J connectivity index is 1.51. The number of nitro benzene ring substituents is 1. The summed E-state index contributed by atoms with van der Waals surface area (Å²) < 4.78 is 9.94. The van der Waals surface area contributed by atoms with Crippen LogP contribution in [0.4, 0.5) is 11.6 Å². The molecule has 3 rings (SSSR count). The molecule has 1 aromatic carbocycles. The van der Waals surface area contributed by atoms with Crippen LogP contribution >= 0.6 is 0 Å². The number of carbonyl (C=O) groups is 4. The van der Waals surface area contributed by atoms with E-state index in [1.807, 2.05) is 6.07 Å². The fourth-order valence-corrected chi connectivity index (χ4v) is 3.68. The fraction of sp³-hybridized carbons (Fsp3) is 0.318. The number of nitriles is 1. The third kappa shape index (κ3) is 4.49. The maximum absolute atomic E-state index is 12.5. The van der Waals surface area contributed by atoms with Gasteiger partial charge in [-0.15, -0.1) is 0 Å². The quantitative estimate of drug-likeness (QED) is 0.191. The second-order valence-corrected chi connectivity index (χ2v) is 7.42. The summed E-state index contributed by atoms with van der Waals surface area (Å²) in [5.74, 6) is -2.49. The van der Waals surface area contributed by atoms with Gasteiger partial charge in [0.25, 0.3) is 17.5 Å². The van der Waals surface area contributed by atoms with Crippen molar-refractivity contribution >= 4 is 35.3 Å². The molecule has 0 atom stereocenters. The number of unbranched alkanes of at least 4 members (excludes halogenated alkanes) is 2. The average molecular weight is 468 g/mol. The van der Waals surface area contributed by atoms with Crippen LogP contribution in [0, 0.1) is 28.4 Å². The molecule has 0 saturated heterocycles. The Morgan fingerprint density at radius 3 is 2.62 bits per heavy atom. The zero-order chi connectivity index (χ0) is 25.0. The van der Waals surface area contributed by atoms with E-state index in [1.54, 1.807) is 0 Å². The van der Waals surface area contributed by atoms with Gasteiger partial charge in [-0.2, -0.15) is 5.26 Å². The number of imide groups is 1. The summed E-state index contributed by atoms with van der Waals surface area (Å²) in [6, 6.07) is 5.74. The van der Waals surface area contributed by atoms with Gasteiger partial charge in [0.15, 0.2) is 0 Å². The lowest BCUT2D eigenvalue weighted by Crippen LogP contribution is -2.30. The van der Waals surface area contributed by atoms with Crippen LogP contribution in [-0.4, -0.2) is 47.2 Å². The first-order chi connectivity index (χ1) is 16.2. The molecule has 34 heavy (non-hydrogen) atoms. The summed E-state index contributed by atoms with van der Waals surface area (Å²) in [5.41, 5.74) is -0.786. The topological polar surface area (TPSA) is 173 Å². The van der Waals surface area contributed by atoms with E-state index in [0.717, 1.165) is 12.0 Å². The number of methoxy groups -OCH3 is 1. The van der Waals surface area contributed by atoms with E-state index in [4.69, 9.17) is 4.42 Å². The molecule has 176 valence electrons. The molecule has 0 saturated carbocycles. The molecule has 0 unspecified atom stereocenters. The monoisotopic (exact) mass is 468 g/mol. The second-order valence-electron chi connectivity index (χ2n) is 7.42. The van der Waals surface area contributed by atoms with Gasteiger partial charge in [-0.1, -0.05) is 12.5 Å². The van der Waals surface area contributed by atoms with E-state index in [-0.39, 0.29) is 46.9 Å². The van der Waals surface area contributed by atoms with E-state index in [9.17, 15) is 34.6 Å². The average Bonchev–Trinajstić information content (AvgIpc) is 3.25. The SMILES string of the molecule is COC(=O)c1c(C)oc(NC(=O)CCCCCN2C(=O)c3cccc([N+](=O)[O-])c3C2=O)c1C#N. The van der Waals surface area contributed by atoms with Gasteiger partial charge in [0.2, 0.25) is 11.8 Å². The lowest BCUT2D eigenvalue weighted by molar-refractivity contribution is -0.385. The number of amides is 3. The third-order valence-corrected chi connectivity index (χ3v) is 5.30. The summed E-state index contributed by atoms with van der Waals surface area (Å²) in [4.78, 5) is 60.5. The first-order valence-electron chi connectivity index (χ1n) is 10.3. The molecule has 2 aromatic rings. The van der Waals surface area contributed by atoms with Gasteiger partial charge in [0.05, 0.1) is 17.6 Å². The maximum atomic E-state index is 12.5. The van der Waals surface area contributed by atoms with Crippen molar-refractivity contribution in [1.82, 2.24) is 4.90 Å². The zero-order valence-corrected chi connectivity index (χ0v) is 18.4. The number of ether oxygens (including phenoxy) is 1. The van der Waals surface area contributed by atoms with E-state index in [1.165, 1.54) is 25.1 Å². The van der Waals surface area contributed by atoms with Crippen molar-refractivity contribution in [3.8, 4) is 6.07 Å². The van der Waals surface area contributed by atoms with E-state index < -0.39 is 34.3 Å². The number of rotatable bonds is 9. The number of nitrogens with zero attached hydrogens (tertiary/aromatic N) is 3. The molecule has 1 aromatic heterocycles. The van der Waals surface area contributed by atoms with Gasteiger partial charge in [0.1, 0.15) is 28.5 Å². The van der Waals surface area contributed by atoms with Crippen molar-refractivity contribution < 1.29 is 33.3 Å². The first-order valence-corrected chi connectivity index (χ1v) is 10.3. The summed E-state index contributed by atoms with van der Waals surface area (Å²) >= 11 is 0. The number of benzene rings is 1. The number of carbonyl (C=O) groups excluding carboxylic acids is 4. The largest absolute Gasteiger partial charge is 0.465 e. The molecule has 0 bridgehead atoms. The molecular formula is C22H20N4O8. The number of nitrogens with one attached hydrogen (secondary N) is 1. The van der Waals surface area contributed by atoms with Gasteiger partial charge in [-0.05, 0) is 25.8 Å². The minimum absolute atomic E-state index is 0.00643. The number of esters is 1. The van der Waals surface area contributed by atoms with Crippen LogP contribution in [0.3, 0.4) is 0 Å². The minimum Gasteiger partial charge on any atom is -0.465 e. The molecule has 1 aliphatic heterocycles. The van der Waals surface area contributed by atoms with E-state index in [0.29, 0.717) is 19.3 Å². The molecule has 0 radical (unpaired) electrons. The molecule has 1 aliphatic rings. The Kier molecular flexibility index (Phi) is 7.06. The number of hydrogen-bond acceptors (Lipinski definition) is 9. The van der Waals surface area contributed by atoms with Crippen molar-refractivity contribution in [3.05, 3.63) is 56.3 Å². The fourth-order valence-electron chi connectivity index (χ4n) is 3.68. The lowest BCUT2D eigenvalue weighted by atomic mass is 10.1. The highest BCUT2D eigenvalue weighted by Gasteiger charge is 2.40. The molecule has 1 N–H and O–H groups in total. The van der Waals surface area contributed by atoms with Crippen molar-refractivity contribution in [1.29, 1.82) is 5.26 Å². The van der Waals surface area contributed by atoms with E-state index in [2.05, 4.69) is 10.1 Å². The molecule has 0 aliphatic carbocycles. The van der Waals surface area contributed by atoms with Gasteiger partial charge >= 0.3 is 5.97 Å². The van der Waals surface area contributed by atoms with Crippen LogP contribution in [0.2, 0.25) is 0 Å². The second kappa shape index (κ2) is 9.95. The van der Waals surface area contributed by atoms with Crippen molar-refractivity contribution in [2.45, 2.75) is 32.6 Å². The number of aryl methyl sites for hydroxylation is 1. The number of nitro groups is 1. The van der Waals surface area contributed by atoms with E-state index >= 15 is 0 Å². The van der Waals surface area contributed by atoms with Crippen LogP contribution in [0.15, 0.2) is 22.6 Å². The molecule has 0 spiro atoms. The Labute approximate surface area is 193 Å². The summed E-state index contributed by atoms with van der Waals surface area (Å²) in [5, 5.41) is 22.9. The van der Waals surface area contributed by atoms with Gasteiger partial charge in [-0.25, -0.2) is 4.79 Å². The smallest absolute Gasteiger partial charge is 0.342 e. The summed E-state index contributed by atoms with van der Waals surface area (Å²) in [7, 11) is 1.16. The number of furan rings is 1. The van der Waals surface area contributed by atoms with Crippen LogP contribution in [0.5, 0.6) is 0 Å². The summed E-state index contributed by atoms with van der Waals surface area (Å²) in [6.07, 6.45) is 1.34. The number of anilines is 1. The minimum atomic E-state index is -0.753. The third-order valence-electron chi connectivity index (χ3n) is 5.30. The predicted octanol–water partition coefficient (Wildman–Crippen LogP) is 2.95. The standard InChI is InChI=1S/C22H20N4O8/c1-12-17(22(30)33-2)14(11-23)19(34-12)24-16(27)9-4-3-5-10-25-20(28)13-7-6-8-15(26(31)32)18(13)21(25)29/h6-8H,3-5,9-10H2,1-2H3,(H,24,27). The van der Waals surface area contributed by atoms with Crippen LogP contribution in [-0.2, 0) is 9.53 Å². The van der Waals surface area contributed by atoms with Crippen molar-refractivity contribution in [3.63, 3.8) is 0 Å². The van der Waals surface area contributed by atoms with Crippen LogP contribution in [0.25, 0.3) is 0 Å². The Morgan fingerprint density at radius 2 is 1.97 bits per heavy atom. The molecule has 0 fully saturated rings. The first kappa shape index (κ1) is 24.1. The maximum Gasteiger partial charge on any atom is 0.342 e. The van der Waals surface area contributed by atoms with Gasteiger partial charge < -0.3 is 9.15 Å². The highest BCUT2D eigenvalue weighted by Crippen LogP contribution is 2.31. The van der Waals surface area contributed by atoms with Crippen molar-refractivity contribution in [2.75, 3.05) is 19.0 Å². The van der Waals surface area contributed by atoms with Crippen LogP contribution in [0.1, 0.15) is 68.1 Å². The number of fused-ring (bicyclic) bond motifs is 1. The summed E-state index contributed by atoms with van der Waals surface area (Å²) in [6.45, 7) is 1.53. The predicted molar refractivity (Wildman–Crippen MR) is 115 cm³/mol. The van der Waals surface area contributed by atoms with Gasteiger partial charge in [0, 0.05) is 19.0 Å². The Bertz CT molecular complexity index is 1240. The highest BCUT2D eigenvalue weighted by atomic mass is 16.6. The highest BCUT2D eigenvalue weighted by molar-refractivity contribution is 6.23. The zero-order valence-electron chi connectivity index (χ0n) is 18.4. The van der Waals surface area contributed by atoms with Gasteiger partial charge in [-0.3, -0.25) is 34.7 Å².